The first-order valence-electron chi connectivity index (χ1n) is 8.15. The Morgan fingerprint density at radius 1 is 1.35 bits per heavy atom. The molecule has 2 aliphatic rings. The van der Waals surface area contributed by atoms with Gasteiger partial charge in [-0.1, -0.05) is 6.07 Å². The second-order valence-electron chi connectivity index (χ2n) is 6.64. The Hall–Kier alpha value is -1.85. The minimum atomic E-state index is -4.05. The number of carbonyl (C=O) groups is 1. The highest BCUT2D eigenvalue weighted by atomic mass is 32.2. The summed E-state index contributed by atoms with van der Waals surface area (Å²) in [6, 6.07) is 4.10. The predicted octanol–water partition coefficient (Wildman–Crippen LogP) is -0.341. The van der Waals surface area contributed by atoms with Gasteiger partial charge in [0.2, 0.25) is 0 Å². The molecule has 2 unspecified atom stereocenters. The molecule has 144 valence electrons. The molecule has 0 aromatic heterocycles. The van der Waals surface area contributed by atoms with Gasteiger partial charge in [-0.3, -0.25) is 4.79 Å². The van der Waals surface area contributed by atoms with Crippen LogP contribution in [0.5, 0.6) is 5.75 Å². The number of benzene rings is 1. The summed E-state index contributed by atoms with van der Waals surface area (Å²) in [6.07, 6.45) is 2.76. The van der Waals surface area contributed by atoms with Crippen LogP contribution in [0.2, 0.25) is 0 Å². The van der Waals surface area contributed by atoms with Crippen LogP contribution in [0.25, 0.3) is 0 Å². The number of phenolic OH excluding ortho intramolecular Hbond substituents is 1. The van der Waals surface area contributed by atoms with E-state index in [1.165, 1.54) is 18.2 Å². The summed E-state index contributed by atoms with van der Waals surface area (Å²) in [5, 5.41) is 12.7. The molecule has 1 amide bonds. The topological polar surface area (TPSA) is 133 Å². The summed E-state index contributed by atoms with van der Waals surface area (Å²) in [4.78, 5) is 11.4. The van der Waals surface area contributed by atoms with Crippen LogP contribution in [-0.4, -0.2) is 53.7 Å². The van der Waals surface area contributed by atoms with Crippen molar-refractivity contribution in [3.8, 4) is 5.75 Å². The molecule has 2 aliphatic heterocycles. The van der Waals surface area contributed by atoms with E-state index in [-0.39, 0.29) is 17.4 Å². The fourth-order valence-corrected chi connectivity index (χ4v) is 6.33. The number of anilines is 1. The van der Waals surface area contributed by atoms with Crippen LogP contribution >= 0.6 is 0 Å². The Kier molecular flexibility index (Phi) is 4.88. The van der Waals surface area contributed by atoms with E-state index >= 15 is 0 Å². The van der Waals surface area contributed by atoms with Crippen molar-refractivity contribution in [2.24, 2.45) is 5.92 Å². The van der Waals surface area contributed by atoms with Gasteiger partial charge in [-0.2, -0.15) is 8.42 Å². The van der Waals surface area contributed by atoms with Crippen molar-refractivity contribution >= 4 is 31.6 Å². The van der Waals surface area contributed by atoms with Crippen molar-refractivity contribution in [3.63, 3.8) is 0 Å². The number of hydrogen-bond acceptors (Lipinski definition) is 7. The predicted molar refractivity (Wildman–Crippen MR) is 95.7 cm³/mol. The van der Waals surface area contributed by atoms with Gasteiger partial charge in [0.25, 0.3) is 5.91 Å². The maximum Gasteiger partial charge on any atom is 0.326 e. The zero-order chi connectivity index (χ0) is 19.1. The van der Waals surface area contributed by atoms with Crippen molar-refractivity contribution in [2.75, 3.05) is 30.2 Å². The fourth-order valence-electron chi connectivity index (χ4n) is 3.60. The lowest BCUT2D eigenvalue weighted by Gasteiger charge is -2.30. The Morgan fingerprint density at radius 2 is 2.08 bits per heavy atom. The minimum Gasteiger partial charge on any atom is -0.506 e. The van der Waals surface area contributed by atoms with Gasteiger partial charge < -0.3 is 10.4 Å². The molecule has 11 heteroatoms. The van der Waals surface area contributed by atoms with Crippen molar-refractivity contribution < 1.29 is 26.7 Å². The lowest BCUT2D eigenvalue weighted by atomic mass is 9.91. The number of aromatic hydroxyl groups is 1. The summed E-state index contributed by atoms with van der Waals surface area (Å²) in [6.45, 7) is 0.960. The molecule has 2 atom stereocenters. The van der Waals surface area contributed by atoms with E-state index < -0.39 is 37.7 Å². The quantitative estimate of drug-likeness (QED) is 0.626. The molecule has 2 heterocycles. The van der Waals surface area contributed by atoms with E-state index in [1.807, 2.05) is 4.72 Å². The molecule has 1 aromatic carbocycles. The minimum absolute atomic E-state index is 0.0684. The average Bonchev–Trinajstić information content (AvgIpc) is 2.80. The lowest BCUT2D eigenvalue weighted by Crippen LogP contribution is -2.35. The molecule has 3 N–H and O–H groups in total. The Balaban J connectivity index is 1.98. The number of piperidine rings is 1. The summed E-state index contributed by atoms with van der Waals surface area (Å²) in [5.74, 6) is -1.22. The van der Waals surface area contributed by atoms with E-state index in [0.717, 1.165) is 29.9 Å². The molecule has 0 radical (unpaired) electrons. The van der Waals surface area contributed by atoms with Crippen molar-refractivity contribution in [1.29, 1.82) is 0 Å². The largest absolute Gasteiger partial charge is 0.506 e. The third kappa shape index (κ3) is 3.64. The van der Waals surface area contributed by atoms with E-state index in [4.69, 9.17) is 0 Å². The second-order valence-corrected chi connectivity index (χ2v) is 10.4. The number of phenols is 1. The number of carbonyl (C=O) groups excluding carboxylic acids is 1. The fraction of sp³-hybridized carbons (Fsp3) is 0.533. The number of nitrogens with one attached hydrogen (secondary N) is 2. The maximum absolute atomic E-state index is 12.4. The van der Waals surface area contributed by atoms with Crippen LogP contribution in [0.4, 0.5) is 5.69 Å². The first kappa shape index (κ1) is 18.9. The maximum atomic E-state index is 12.4. The Bertz CT molecular complexity index is 923. The molecule has 1 aromatic rings. The molecular formula is C15H21N3O6S2. The lowest BCUT2D eigenvalue weighted by molar-refractivity contribution is -0.117. The molecule has 0 spiro atoms. The van der Waals surface area contributed by atoms with Gasteiger partial charge >= 0.3 is 10.2 Å². The number of rotatable bonds is 4. The molecule has 2 saturated heterocycles. The van der Waals surface area contributed by atoms with Crippen LogP contribution in [0.1, 0.15) is 23.7 Å². The van der Waals surface area contributed by atoms with E-state index in [0.29, 0.717) is 12.1 Å². The highest BCUT2D eigenvalue weighted by Gasteiger charge is 2.37. The van der Waals surface area contributed by atoms with Crippen LogP contribution in [0.15, 0.2) is 18.2 Å². The van der Waals surface area contributed by atoms with Gasteiger partial charge in [-0.05, 0) is 49.5 Å². The number of nitrogens with zero attached hydrogens (tertiary/aromatic N) is 1. The SMILES string of the molecule is CS(=O)(=O)C(c1ccc(N2CC(=O)NS2(=O)=O)c(O)c1)C1CCCNC1. The highest BCUT2D eigenvalue weighted by molar-refractivity contribution is 7.92. The third-order valence-electron chi connectivity index (χ3n) is 4.64. The molecule has 0 bridgehead atoms. The third-order valence-corrected chi connectivity index (χ3v) is 7.61. The Labute approximate surface area is 152 Å². The second kappa shape index (κ2) is 6.71. The van der Waals surface area contributed by atoms with E-state index in [9.17, 15) is 26.7 Å². The van der Waals surface area contributed by atoms with Gasteiger partial charge in [0.15, 0.2) is 9.84 Å². The molecule has 9 nitrogen and oxygen atoms in total. The van der Waals surface area contributed by atoms with E-state index in [2.05, 4.69) is 5.32 Å². The number of amides is 1. The van der Waals surface area contributed by atoms with Crippen LogP contribution in [0.3, 0.4) is 0 Å². The summed E-state index contributed by atoms with van der Waals surface area (Å²) in [5.41, 5.74) is 0.333. The number of hydrogen-bond donors (Lipinski definition) is 3. The zero-order valence-electron chi connectivity index (χ0n) is 14.2. The smallest absolute Gasteiger partial charge is 0.326 e. The molecule has 0 saturated carbocycles. The van der Waals surface area contributed by atoms with Crippen LogP contribution in [0, 0.1) is 5.92 Å². The van der Waals surface area contributed by atoms with Gasteiger partial charge in [0.1, 0.15) is 12.3 Å². The van der Waals surface area contributed by atoms with Gasteiger partial charge in [0, 0.05) is 6.26 Å². The summed E-state index contributed by atoms with van der Waals surface area (Å²) < 4.78 is 51.2. The van der Waals surface area contributed by atoms with Gasteiger partial charge in [-0.15, -0.1) is 0 Å². The summed E-state index contributed by atoms with van der Waals surface area (Å²) in [7, 11) is -7.50. The van der Waals surface area contributed by atoms with Gasteiger partial charge in [0.05, 0.1) is 10.9 Å². The zero-order valence-corrected chi connectivity index (χ0v) is 15.8. The average molecular weight is 403 g/mol. The van der Waals surface area contributed by atoms with Crippen LogP contribution in [-0.2, 0) is 24.8 Å². The monoisotopic (exact) mass is 403 g/mol. The molecule has 26 heavy (non-hydrogen) atoms. The Morgan fingerprint density at radius 3 is 2.58 bits per heavy atom. The molecular weight excluding hydrogens is 382 g/mol. The normalized spacial score (nSPS) is 24.3. The highest BCUT2D eigenvalue weighted by Crippen LogP contribution is 2.39. The van der Waals surface area contributed by atoms with Gasteiger partial charge in [-0.25, -0.2) is 17.4 Å². The molecule has 2 fully saturated rings. The standard InChI is InChI=1S/C15H21N3O6S2/c1-25(21,22)15(11-3-2-6-16-8-11)10-4-5-12(13(19)7-10)18-9-14(20)17-26(18,23)24/h4-5,7,11,15-16,19H,2-3,6,8-9H2,1H3,(H,17,20). The first-order valence-corrected chi connectivity index (χ1v) is 11.5. The molecule has 0 aliphatic carbocycles. The van der Waals surface area contributed by atoms with E-state index in [1.54, 1.807) is 0 Å². The van der Waals surface area contributed by atoms with Crippen molar-refractivity contribution in [1.82, 2.24) is 10.0 Å². The van der Waals surface area contributed by atoms with Crippen molar-refractivity contribution in [2.45, 2.75) is 18.1 Å². The summed E-state index contributed by atoms with van der Waals surface area (Å²) >= 11 is 0. The van der Waals surface area contributed by atoms with Crippen LogP contribution < -0.4 is 14.3 Å². The number of sulfone groups is 1. The molecule has 3 rings (SSSR count). The first-order chi connectivity index (χ1) is 12.1. The van der Waals surface area contributed by atoms with Crippen molar-refractivity contribution in [3.05, 3.63) is 23.8 Å².